The summed E-state index contributed by atoms with van der Waals surface area (Å²) in [4.78, 5) is 4.12. The van der Waals surface area contributed by atoms with Crippen molar-refractivity contribution in [2.75, 3.05) is 16.6 Å². The summed E-state index contributed by atoms with van der Waals surface area (Å²) in [7, 11) is -3.61. The van der Waals surface area contributed by atoms with E-state index in [4.69, 9.17) is 5.73 Å². The molecule has 7 heteroatoms. The van der Waals surface area contributed by atoms with Crippen LogP contribution in [0.5, 0.6) is 0 Å². The molecule has 0 saturated heterocycles. The van der Waals surface area contributed by atoms with Crippen molar-refractivity contribution in [2.24, 2.45) is 0 Å². The van der Waals surface area contributed by atoms with E-state index in [2.05, 4.69) is 20.9 Å². The lowest BCUT2D eigenvalue weighted by Gasteiger charge is -2.30. The van der Waals surface area contributed by atoms with Crippen molar-refractivity contribution in [3.8, 4) is 0 Å². The second-order valence-electron chi connectivity index (χ2n) is 4.91. The van der Waals surface area contributed by atoms with Crippen LogP contribution < -0.4 is 10.0 Å². The normalized spacial score (nSPS) is 14.8. The Labute approximate surface area is 132 Å². The molecule has 110 valence electrons. The monoisotopic (exact) mass is 367 g/mol. The molecule has 1 aromatic heterocycles. The maximum atomic E-state index is 12.8. The number of hydrogen-bond acceptors (Lipinski definition) is 4. The van der Waals surface area contributed by atoms with Crippen LogP contribution in [0.3, 0.4) is 0 Å². The summed E-state index contributed by atoms with van der Waals surface area (Å²) in [6.07, 6.45) is 4.54. The second-order valence-corrected chi connectivity index (χ2v) is 7.69. The molecule has 2 heterocycles. The fraction of sp³-hybridized carbons (Fsp3) is 0.214. The average Bonchev–Trinajstić information content (AvgIpc) is 2.46. The summed E-state index contributed by atoms with van der Waals surface area (Å²) < 4.78 is 27.7. The smallest absolute Gasteiger partial charge is 0.265 e. The van der Waals surface area contributed by atoms with Crippen LogP contribution in [-0.2, 0) is 16.4 Å². The summed E-state index contributed by atoms with van der Waals surface area (Å²) in [5.74, 6) is 0. The molecule has 2 N–H and O–H groups in total. The van der Waals surface area contributed by atoms with Crippen molar-refractivity contribution in [1.82, 2.24) is 4.98 Å². The molecular formula is C14H14BrN3O2S. The molecule has 0 unspecified atom stereocenters. The van der Waals surface area contributed by atoms with E-state index >= 15 is 0 Å². The Kier molecular flexibility index (Phi) is 3.62. The van der Waals surface area contributed by atoms with E-state index in [1.807, 2.05) is 6.07 Å². The van der Waals surface area contributed by atoms with Gasteiger partial charge in [0, 0.05) is 29.1 Å². The molecule has 5 nitrogen and oxygen atoms in total. The van der Waals surface area contributed by atoms with Crippen molar-refractivity contribution in [2.45, 2.75) is 17.7 Å². The first kappa shape index (κ1) is 14.3. The van der Waals surface area contributed by atoms with E-state index in [0.29, 0.717) is 22.4 Å². The number of anilines is 2. The number of fused-ring (bicyclic) bond motifs is 1. The standard InChI is InChI=1S/C14H14BrN3O2S/c15-11-7-13(9-17-8-11)21(19,20)18-5-1-2-10-6-12(16)3-4-14(10)18/h3-4,6-9H,1-2,5,16H2. The maximum Gasteiger partial charge on any atom is 0.265 e. The van der Waals surface area contributed by atoms with Crippen LogP contribution in [0.2, 0.25) is 0 Å². The van der Waals surface area contributed by atoms with E-state index in [1.165, 1.54) is 10.5 Å². The van der Waals surface area contributed by atoms with Gasteiger partial charge in [-0.2, -0.15) is 0 Å². The number of hydrogen-bond donors (Lipinski definition) is 1. The highest BCUT2D eigenvalue weighted by atomic mass is 79.9. The Morgan fingerprint density at radius 1 is 1.24 bits per heavy atom. The molecule has 1 aliphatic rings. The number of halogens is 1. The summed E-state index contributed by atoms with van der Waals surface area (Å²) >= 11 is 3.26. The van der Waals surface area contributed by atoms with Gasteiger partial charge in [-0.05, 0) is 58.6 Å². The predicted molar refractivity (Wildman–Crippen MR) is 85.6 cm³/mol. The van der Waals surface area contributed by atoms with Crippen LogP contribution in [0.1, 0.15) is 12.0 Å². The SMILES string of the molecule is Nc1ccc2c(c1)CCCN2S(=O)(=O)c1cncc(Br)c1. The number of nitrogen functional groups attached to an aromatic ring is 1. The van der Waals surface area contributed by atoms with Gasteiger partial charge in [0.1, 0.15) is 4.90 Å². The molecule has 2 aromatic rings. The van der Waals surface area contributed by atoms with Gasteiger partial charge in [0.15, 0.2) is 0 Å². The molecule has 0 atom stereocenters. The van der Waals surface area contributed by atoms with Gasteiger partial charge in [-0.3, -0.25) is 9.29 Å². The molecule has 0 aliphatic carbocycles. The number of nitrogens with zero attached hydrogens (tertiary/aromatic N) is 2. The van der Waals surface area contributed by atoms with Crippen molar-refractivity contribution in [3.63, 3.8) is 0 Å². The van der Waals surface area contributed by atoms with Gasteiger partial charge in [-0.25, -0.2) is 8.42 Å². The average molecular weight is 368 g/mol. The zero-order valence-electron chi connectivity index (χ0n) is 11.2. The number of benzene rings is 1. The van der Waals surface area contributed by atoms with E-state index in [0.717, 1.165) is 18.4 Å². The van der Waals surface area contributed by atoms with Gasteiger partial charge in [0.25, 0.3) is 10.0 Å². The zero-order chi connectivity index (χ0) is 15.0. The highest BCUT2D eigenvalue weighted by molar-refractivity contribution is 9.10. The molecule has 3 rings (SSSR count). The second kappa shape index (κ2) is 5.31. The Morgan fingerprint density at radius 2 is 2.05 bits per heavy atom. The molecule has 0 bridgehead atoms. The Hall–Kier alpha value is -1.60. The third-order valence-corrected chi connectivity index (χ3v) is 5.66. The van der Waals surface area contributed by atoms with Crippen molar-refractivity contribution >= 4 is 37.3 Å². The summed E-state index contributed by atoms with van der Waals surface area (Å²) in [6, 6.07) is 6.91. The lowest BCUT2D eigenvalue weighted by molar-refractivity contribution is 0.586. The molecule has 0 radical (unpaired) electrons. The van der Waals surface area contributed by atoms with Gasteiger partial charge in [-0.15, -0.1) is 0 Å². The van der Waals surface area contributed by atoms with E-state index in [1.54, 1.807) is 24.4 Å². The van der Waals surface area contributed by atoms with Crippen LogP contribution in [0, 0.1) is 0 Å². The number of sulfonamides is 1. The molecular weight excluding hydrogens is 354 g/mol. The molecule has 0 saturated carbocycles. The van der Waals surface area contributed by atoms with Gasteiger partial charge < -0.3 is 5.73 Å². The zero-order valence-corrected chi connectivity index (χ0v) is 13.6. The minimum Gasteiger partial charge on any atom is -0.399 e. The Bertz CT molecular complexity index is 793. The topological polar surface area (TPSA) is 76.3 Å². The largest absolute Gasteiger partial charge is 0.399 e. The minimum absolute atomic E-state index is 0.182. The highest BCUT2D eigenvalue weighted by Gasteiger charge is 2.29. The predicted octanol–water partition coefficient (Wildman–Crippen LogP) is 2.57. The summed E-state index contributed by atoms with van der Waals surface area (Å²) in [5, 5.41) is 0. The minimum atomic E-state index is -3.61. The van der Waals surface area contributed by atoms with Crippen molar-refractivity contribution < 1.29 is 8.42 Å². The van der Waals surface area contributed by atoms with Gasteiger partial charge in [0.2, 0.25) is 0 Å². The molecule has 0 amide bonds. The highest BCUT2D eigenvalue weighted by Crippen LogP contribution is 2.33. The van der Waals surface area contributed by atoms with Crippen LogP contribution >= 0.6 is 15.9 Å². The van der Waals surface area contributed by atoms with E-state index < -0.39 is 10.0 Å². The molecule has 21 heavy (non-hydrogen) atoms. The number of nitrogens with two attached hydrogens (primary N) is 1. The number of pyridine rings is 1. The van der Waals surface area contributed by atoms with Gasteiger partial charge in [0.05, 0.1) is 5.69 Å². The third-order valence-electron chi connectivity index (χ3n) is 3.45. The summed E-state index contributed by atoms with van der Waals surface area (Å²) in [6.45, 7) is 0.464. The first-order chi connectivity index (χ1) is 9.98. The summed E-state index contributed by atoms with van der Waals surface area (Å²) in [5.41, 5.74) is 8.10. The molecule has 0 spiro atoms. The van der Waals surface area contributed by atoms with Crippen LogP contribution in [0.15, 0.2) is 46.0 Å². The molecule has 1 aliphatic heterocycles. The molecule has 0 fully saturated rings. The maximum absolute atomic E-state index is 12.8. The fourth-order valence-electron chi connectivity index (χ4n) is 2.49. The first-order valence-corrected chi connectivity index (χ1v) is 8.73. The Balaban J connectivity index is 2.09. The quantitative estimate of drug-likeness (QED) is 0.827. The number of rotatable bonds is 2. The number of aryl methyl sites for hydroxylation is 1. The van der Waals surface area contributed by atoms with Crippen molar-refractivity contribution in [1.29, 1.82) is 0 Å². The third kappa shape index (κ3) is 2.63. The Morgan fingerprint density at radius 3 is 2.81 bits per heavy atom. The van der Waals surface area contributed by atoms with Gasteiger partial charge >= 0.3 is 0 Å². The van der Waals surface area contributed by atoms with Crippen LogP contribution in [0.25, 0.3) is 0 Å². The first-order valence-electron chi connectivity index (χ1n) is 6.50. The van der Waals surface area contributed by atoms with E-state index in [-0.39, 0.29) is 4.90 Å². The van der Waals surface area contributed by atoms with Gasteiger partial charge in [-0.1, -0.05) is 0 Å². The lowest BCUT2D eigenvalue weighted by Crippen LogP contribution is -2.35. The van der Waals surface area contributed by atoms with E-state index in [9.17, 15) is 8.42 Å². The lowest BCUT2D eigenvalue weighted by atomic mass is 10.0. The number of aromatic nitrogens is 1. The van der Waals surface area contributed by atoms with Crippen LogP contribution in [0.4, 0.5) is 11.4 Å². The van der Waals surface area contributed by atoms with Crippen molar-refractivity contribution in [3.05, 3.63) is 46.7 Å². The van der Waals surface area contributed by atoms with Crippen LogP contribution in [-0.4, -0.2) is 19.9 Å². The molecule has 1 aromatic carbocycles. The fourth-order valence-corrected chi connectivity index (χ4v) is 4.54.